The molecule has 1 saturated heterocycles. The first kappa shape index (κ1) is 18.8. The maximum absolute atomic E-state index is 12.9. The highest BCUT2D eigenvalue weighted by Crippen LogP contribution is 2.25. The molecule has 2 fully saturated rings. The summed E-state index contributed by atoms with van der Waals surface area (Å²) in [6.45, 7) is 3.37. The van der Waals surface area contributed by atoms with Crippen LogP contribution in [0.1, 0.15) is 47.5 Å². The van der Waals surface area contributed by atoms with Gasteiger partial charge in [-0.2, -0.15) is 17.0 Å². The summed E-state index contributed by atoms with van der Waals surface area (Å²) in [7, 11) is -1.76. The van der Waals surface area contributed by atoms with Crippen molar-refractivity contribution in [3.05, 3.63) is 16.1 Å². The van der Waals surface area contributed by atoms with Crippen LogP contribution in [0.4, 0.5) is 0 Å². The highest BCUT2D eigenvalue weighted by atomic mass is 32.2. The molecule has 9 heteroatoms. The molecule has 0 N–H and O–H groups in total. The van der Waals surface area contributed by atoms with Gasteiger partial charge in [0.05, 0.1) is 11.2 Å². The van der Waals surface area contributed by atoms with E-state index in [4.69, 9.17) is 0 Å². The summed E-state index contributed by atoms with van der Waals surface area (Å²) in [5.74, 6) is -0.0438. The van der Waals surface area contributed by atoms with Gasteiger partial charge in [-0.1, -0.05) is 19.3 Å². The predicted molar refractivity (Wildman–Crippen MR) is 97.9 cm³/mol. The molecule has 1 aromatic heterocycles. The lowest BCUT2D eigenvalue weighted by Gasteiger charge is -2.38. The second-order valence-electron chi connectivity index (χ2n) is 6.77. The van der Waals surface area contributed by atoms with E-state index < -0.39 is 10.2 Å². The van der Waals surface area contributed by atoms with Crippen molar-refractivity contribution in [2.75, 3.05) is 33.2 Å². The van der Waals surface area contributed by atoms with Gasteiger partial charge in [-0.25, -0.2) is 4.98 Å². The third-order valence-electron chi connectivity index (χ3n) is 5.24. The Kier molecular flexibility index (Phi) is 5.77. The number of aromatic nitrogens is 1. The second-order valence-corrected chi connectivity index (χ2v) is 9.62. The number of carbonyl (C=O) groups excluding carboxylic acids is 1. The Morgan fingerprint density at radius 2 is 1.84 bits per heavy atom. The standard InChI is InChI=1S/C16H26N4O3S2/c1-13-15(24-12-17-13)16(21)19-8-10-20(11-9-19)25(22,23)18(2)14-6-4-3-5-7-14/h12,14H,3-11H2,1-2H3. The van der Waals surface area contributed by atoms with E-state index in [1.54, 1.807) is 21.8 Å². The molecule has 0 bridgehead atoms. The normalized spacial score (nSPS) is 21.0. The molecular weight excluding hydrogens is 360 g/mol. The molecule has 140 valence electrons. The quantitative estimate of drug-likeness (QED) is 0.790. The van der Waals surface area contributed by atoms with Crippen LogP contribution in [0.3, 0.4) is 0 Å². The zero-order valence-electron chi connectivity index (χ0n) is 14.8. The fraction of sp³-hybridized carbons (Fsp3) is 0.750. The molecule has 2 aliphatic rings. The van der Waals surface area contributed by atoms with Crippen LogP contribution < -0.4 is 0 Å². The molecule has 1 aliphatic carbocycles. The van der Waals surface area contributed by atoms with Gasteiger partial charge in [0.2, 0.25) is 0 Å². The highest BCUT2D eigenvalue weighted by Gasteiger charge is 2.35. The van der Waals surface area contributed by atoms with Crippen LogP contribution in [0, 0.1) is 6.92 Å². The molecule has 0 atom stereocenters. The summed E-state index contributed by atoms with van der Waals surface area (Å²) in [4.78, 5) is 19.0. The smallest absolute Gasteiger partial charge is 0.282 e. The van der Waals surface area contributed by atoms with Crippen molar-refractivity contribution in [1.29, 1.82) is 0 Å². The minimum Gasteiger partial charge on any atom is -0.335 e. The van der Waals surface area contributed by atoms with Crippen molar-refractivity contribution in [1.82, 2.24) is 18.5 Å². The first-order valence-electron chi connectivity index (χ1n) is 8.83. The van der Waals surface area contributed by atoms with Crippen LogP contribution in [0.15, 0.2) is 5.51 Å². The number of aryl methyl sites for hydroxylation is 1. The fourth-order valence-corrected chi connectivity index (χ4v) is 5.93. The van der Waals surface area contributed by atoms with E-state index in [1.807, 2.05) is 6.92 Å². The molecule has 2 heterocycles. The Hall–Kier alpha value is -1.03. The van der Waals surface area contributed by atoms with Crippen LogP contribution in [-0.2, 0) is 10.2 Å². The largest absolute Gasteiger partial charge is 0.335 e. The van der Waals surface area contributed by atoms with Crippen molar-refractivity contribution in [3.63, 3.8) is 0 Å². The molecule has 25 heavy (non-hydrogen) atoms. The summed E-state index contributed by atoms with van der Waals surface area (Å²) in [6.07, 6.45) is 5.28. The number of hydrogen-bond donors (Lipinski definition) is 0. The molecule has 1 aromatic rings. The van der Waals surface area contributed by atoms with Crippen molar-refractivity contribution < 1.29 is 13.2 Å². The molecule has 0 radical (unpaired) electrons. The van der Waals surface area contributed by atoms with Gasteiger partial charge in [0, 0.05) is 39.3 Å². The van der Waals surface area contributed by atoms with E-state index in [1.165, 1.54) is 22.1 Å². The van der Waals surface area contributed by atoms with Gasteiger partial charge < -0.3 is 4.90 Å². The maximum Gasteiger partial charge on any atom is 0.282 e. The number of amides is 1. The molecule has 0 aromatic carbocycles. The van der Waals surface area contributed by atoms with Crippen molar-refractivity contribution in [2.24, 2.45) is 0 Å². The van der Waals surface area contributed by atoms with Crippen molar-refractivity contribution in [2.45, 2.75) is 45.1 Å². The summed E-state index contributed by atoms with van der Waals surface area (Å²) in [5, 5.41) is 0. The highest BCUT2D eigenvalue weighted by molar-refractivity contribution is 7.86. The van der Waals surface area contributed by atoms with Gasteiger partial charge in [-0.05, 0) is 19.8 Å². The molecule has 0 unspecified atom stereocenters. The lowest BCUT2D eigenvalue weighted by atomic mass is 9.96. The Bertz CT molecular complexity index is 705. The van der Waals surface area contributed by atoms with E-state index in [9.17, 15) is 13.2 Å². The van der Waals surface area contributed by atoms with Crippen LogP contribution in [0.25, 0.3) is 0 Å². The average Bonchev–Trinajstić information content (AvgIpc) is 3.07. The SMILES string of the molecule is Cc1ncsc1C(=O)N1CCN(S(=O)(=O)N(C)C2CCCCC2)CC1. The number of nitrogens with zero attached hydrogens (tertiary/aromatic N) is 4. The molecular formula is C16H26N4O3S2. The van der Waals surface area contributed by atoms with Crippen LogP contribution >= 0.6 is 11.3 Å². The molecule has 7 nitrogen and oxygen atoms in total. The lowest BCUT2D eigenvalue weighted by Crippen LogP contribution is -2.55. The van der Waals surface area contributed by atoms with Gasteiger partial charge in [-0.15, -0.1) is 11.3 Å². The first-order chi connectivity index (χ1) is 11.9. The van der Waals surface area contributed by atoms with Crippen molar-refractivity contribution in [3.8, 4) is 0 Å². The van der Waals surface area contributed by atoms with Crippen LogP contribution in [-0.4, -0.2) is 72.1 Å². The number of piperazine rings is 1. The van der Waals surface area contributed by atoms with Crippen LogP contribution in [0.2, 0.25) is 0 Å². The molecule has 1 saturated carbocycles. The summed E-state index contributed by atoms with van der Waals surface area (Å²) >= 11 is 1.34. The van der Waals surface area contributed by atoms with E-state index >= 15 is 0 Å². The topological polar surface area (TPSA) is 73.8 Å². The van der Waals surface area contributed by atoms with Gasteiger partial charge in [0.15, 0.2) is 0 Å². The monoisotopic (exact) mass is 386 g/mol. The molecule has 0 spiro atoms. The van der Waals surface area contributed by atoms with Gasteiger partial charge in [-0.3, -0.25) is 4.79 Å². The lowest BCUT2D eigenvalue weighted by molar-refractivity contribution is 0.0696. The third kappa shape index (κ3) is 3.89. The number of hydrogen-bond acceptors (Lipinski definition) is 5. The summed E-state index contributed by atoms with van der Waals surface area (Å²) in [6, 6.07) is 0.109. The first-order valence-corrected chi connectivity index (χ1v) is 11.1. The van der Waals surface area contributed by atoms with Crippen molar-refractivity contribution >= 4 is 27.5 Å². The minimum atomic E-state index is -3.45. The maximum atomic E-state index is 12.9. The minimum absolute atomic E-state index is 0.0438. The average molecular weight is 387 g/mol. The number of rotatable bonds is 4. The zero-order valence-corrected chi connectivity index (χ0v) is 16.5. The van der Waals surface area contributed by atoms with Gasteiger partial charge >= 0.3 is 0 Å². The molecule has 1 aliphatic heterocycles. The summed E-state index contributed by atoms with van der Waals surface area (Å²) in [5.41, 5.74) is 2.41. The van der Waals surface area contributed by atoms with E-state index in [2.05, 4.69) is 4.98 Å². The summed E-state index contributed by atoms with van der Waals surface area (Å²) < 4.78 is 28.8. The third-order valence-corrected chi connectivity index (χ3v) is 8.21. The van der Waals surface area contributed by atoms with Gasteiger partial charge in [0.1, 0.15) is 4.88 Å². The number of carbonyl (C=O) groups is 1. The molecule has 1 amide bonds. The Labute approximate surface area is 153 Å². The van der Waals surface area contributed by atoms with Gasteiger partial charge in [0.25, 0.3) is 16.1 Å². The van der Waals surface area contributed by atoms with Crippen LogP contribution in [0.5, 0.6) is 0 Å². The Balaban J connectivity index is 1.61. The Morgan fingerprint density at radius 1 is 1.20 bits per heavy atom. The van der Waals surface area contributed by atoms with E-state index in [-0.39, 0.29) is 11.9 Å². The zero-order chi connectivity index (χ0) is 18.0. The number of thiazole rings is 1. The molecule has 3 rings (SSSR count). The van der Waals surface area contributed by atoms with E-state index in [0.717, 1.165) is 31.4 Å². The predicted octanol–water partition coefficient (Wildman–Crippen LogP) is 1.72. The van der Waals surface area contributed by atoms with E-state index in [0.29, 0.717) is 31.1 Å². The second kappa shape index (κ2) is 7.69. The fourth-order valence-electron chi connectivity index (χ4n) is 3.59. The Morgan fingerprint density at radius 3 is 2.40 bits per heavy atom.